The topological polar surface area (TPSA) is 21.3 Å². The van der Waals surface area contributed by atoms with Crippen LogP contribution in [-0.4, -0.2) is 25.8 Å². The van der Waals surface area contributed by atoms with Gasteiger partial charge in [-0.3, -0.25) is 0 Å². The smallest absolute Gasteiger partial charge is 0.0480 e. The average molecular weight is 199 g/mol. The fourth-order valence-electron chi connectivity index (χ4n) is 1.39. The molecule has 2 nitrogen and oxygen atoms in total. The van der Waals surface area contributed by atoms with Crippen molar-refractivity contribution in [3.8, 4) is 0 Å². The van der Waals surface area contributed by atoms with E-state index in [1.54, 1.807) is 0 Å². The van der Waals surface area contributed by atoms with E-state index in [4.69, 9.17) is 4.74 Å². The zero-order valence-electron chi connectivity index (χ0n) is 9.72. The molecule has 0 aromatic rings. The van der Waals surface area contributed by atoms with Gasteiger partial charge in [0.15, 0.2) is 0 Å². The van der Waals surface area contributed by atoms with Gasteiger partial charge in [-0.15, -0.1) is 6.58 Å². The Morgan fingerprint density at radius 3 is 2.71 bits per heavy atom. The quantitative estimate of drug-likeness (QED) is 0.431. The van der Waals surface area contributed by atoms with Gasteiger partial charge in [0.1, 0.15) is 0 Å². The predicted molar refractivity (Wildman–Crippen MR) is 62.6 cm³/mol. The summed E-state index contributed by atoms with van der Waals surface area (Å²) in [6, 6.07) is 0.597. The van der Waals surface area contributed by atoms with E-state index in [0.29, 0.717) is 6.04 Å². The largest absolute Gasteiger partial charge is 0.382 e. The van der Waals surface area contributed by atoms with Crippen LogP contribution in [0.5, 0.6) is 0 Å². The molecule has 1 N–H and O–H groups in total. The zero-order chi connectivity index (χ0) is 10.6. The third-order valence-electron chi connectivity index (χ3n) is 2.22. The van der Waals surface area contributed by atoms with Crippen molar-refractivity contribution in [3.63, 3.8) is 0 Å². The predicted octanol–water partition coefficient (Wildman–Crippen LogP) is 2.75. The van der Waals surface area contributed by atoms with Crippen LogP contribution in [0.1, 0.15) is 39.5 Å². The summed E-state index contributed by atoms with van der Waals surface area (Å²) < 4.78 is 5.36. The summed E-state index contributed by atoms with van der Waals surface area (Å²) in [5, 5.41) is 3.54. The lowest BCUT2D eigenvalue weighted by Crippen LogP contribution is -2.30. The van der Waals surface area contributed by atoms with Crippen molar-refractivity contribution in [1.29, 1.82) is 0 Å². The molecule has 14 heavy (non-hydrogen) atoms. The van der Waals surface area contributed by atoms with Crippen molar-refractivity contribution < 1.29 is 4.74 Å². The first-order chi connectivity index (χ1) is 6.85. The van der Waals surface area contributed by atoms with Gasteiger partial charge in [0.05, 0.1) is 0 Å². The van der Waals surface area contributed by atoms with Crippen LogP contribution in [0.3, 0.4) is 0 Å². The van der Waals surface area contributed by atoms with E-state index in [1.807, 2.05) is 13.0 Å². The third-order valence-corrected chi connectivity index (χ3v) is 2.22. The van der Waals surface area contributed by atoms with Gasteiger partial charge in [0.25, 0.3) is 0 Å². The van der Waals surface area contributed by atoms with Crippen molar-refractivity contribution in [2.24, 2.45) is 0 Å². The normalized spacial score (nSPS) is 12.7. The van der Waals surface area contributed by atoms with Crippen molar-refractivity contribution >= 4 is 0 Å². The van der Waals surface area contributed by atoms with Crippen molar-refractivity contribution in [2.75, 3.05) is 19.8 Å². The minimum atomic E-state index is 0.597. The van der Waals surface area contributed by atoms with Gasteiger partial charge in [-0.25, -0.2) is 0 Å². The van der Waals surface area contributed by atoms with Gasteiger partial charge < -0.3 is 10.1 Å². The van der Waals surface area contributed by atoms with Gasteiger partial charge in [-0.05, 0) is 39.2 Å². The van der Waals surface area contributed by atoms with Crippen LogP contribution in [-0.2, 0) is 4.74 Å². The Hall–Kier alpha value is -0.340. The highest BCUT2D eigenvalue weighted by molar-refractivity contribution is 4.73. The molecule has 0 amide bonds. The van der Waals surface area contributed by atoms with Crippen LogP contribution in [0.2, 0.25) is 0 Å². The fourth-order valence-corrected chi connectivity index (χ4v) is 1.39. The molecule has 0 radical (unpaired) electrons. The number of hydrogen-bond acceptors (Lipinski definition) is 2. The Balaban J connectivity index is 3.54. The van der Waals surface area contributed by atoms with Crippen LogP contribution in [0.15, 0.2) is 12.7 Å². The molecule has 0 aliphatic heterocycles. The number of rotatable bonds is 10. The summed E-state index contributed by atoms with van der Waals surface area (Å²) in [7, 11) is 0. The standard InChI is InChI=1S/C12H25NO/c1-4-7-8-12(13-10-5-2)9-11-14-6-3/h4,12-13H,1,5-11H2,2-3H3. The van der Waals surface area contributed by atoms with Crippen LogP contribution in [0.4, 0.5) is 0 Å². The second-order valence-electron chi connectivity index (χ2n) is 3.50. The number of allylic oxidation sites excluding steroid dienone is 1. The molecule has 0 fully saturated rings. The summed E-state index contributed by atoms with van der Waals surface area (Å²) in [5.74, 6) is 0. The highest BCUT2D eigenvalue weighted by atomic mass is 16.5. The molecule has 1 unspecified atom stereocenters. The summed E-state index contributed by atoms with van der Waals surface area (Å²) in [4.78, 5) is 0. The molecule has 0 saturated heterocycles. The molecule has 0 rings (SSSR count). The first kappa shape index (κ1) is 13.7. The molecule has 0 saturated carbocycles. The summed E-state index contributed by atoms with van der Waals surface area (Å²) in [6.07, 6.45) is 6.56. The van der Waals surface area contributed by atoms with Gasteiger partial charge in [-0.2, -0.15) is 0 Å². The molecule has 2 heteroatoms. The monoisotopic (exact) mass is 199 g/mol. The summed E-state index contributed by atoms with van der Waals surface area (Å²) in [6.45, 7) is 10.8. The molecule has 0 aromatic heterocycles. The van der Waals surface area contributed by atoms with Crippen molar-refractivity contribution in [2.45, 2.75) is 45.6 Å². The van der Waals surface area contributed by atoms with Crippen LogP contribution in [0, 0.1) is 0 Å². The Labute approximate surface area is 88.7 Å². The number of nitrogens with one attached hydrogen (secondary N) is 1. The van der Waals surface area contributed by atoms with Gasteiger partial charge in [-0.1, -0.05) is 13.0 Å². The van der Waals surface area contributed by atoms with Crippen molar-refractivity contribution in [3.05, 3.63) is 12.7 Å². The van der Waals surface area contributed by atoms with E-state index in [2.05, 4.69) is 18.8 Å². The Morgan fingerprint density at radius 1 is 1.36 bits per heavy atom. The SMILES string of the molecule is C=CCCC(CCOCC)NCCC. The molecule has 0 aliphatic rings. The minimum Gasteiger partial charge on any atom is -0.382 e. The maximum absolute atomic E-state index is 5.36. The average Bonchev–Trinajstić information content (AvgIpc) is 2.21. The molecule has 0 aliphatic carbocycles. The summed E-state index contributed by atoms with van der Waals surface area (Å²) in [5.41, 5.74) is 0. The van der Waals surface area contributed by atoms with E-state index >= 15 is 0 Å². The second kappa shape index (κ2) is 10.7. The van der Waals surface area contributed by atoms with E-state index < -0.39 is 0 Å². The summed E-state index contributed by atoms with van der Waals surface area (Å²) >= 11 is 0. The van der Waals surface area contributed by atoms with E-state index in [0.717, 1.165) is 32.6 Å². The molecule has 0 spiro atoms. The molecule has 0 bridgehead atoms. The minimum absolute atomic E-state index is 0.597. The lowest BCUT2D eigenvalue weighted by Gasteiger charge is -2.17. The zero-order valence-corrected chi connectivity index (χ0v) is 9.72. The molecule has 0 aromatic carbocycles. The number of hydrogen-bond donors (Lipinski definition) is 1. The van der Waals surface area contributed by atoms with Crippen molar-refractivity contribution in [1.82, 2.24) is 5.32 Å². The first-order valence-electron chi connectivity index (χ1n) is 5.77. The molecular weight excluding hydrogens is 174 g/mol. The van der Waals surface area contributed by atoms with Gasteiger partial charge in [0, 0.05) is 19.3 Å². The maximum Gasteiger partial charge on any atom is 0.0480 e. The molecular formula is C12H25NO. The Morgan fingerprint density at radius 2 is 2.14 bits per heavy atom. The van der Waals surface area contributed by atoms with Crippen LogP contribution >= 0.6 is 0 Å². The third kappa shape index (κ3) is 8.27. The van der Waals surface area contributed by atoms with Gasteiger partial charge in [0.2, 0.25) is 0 Å². The van der Waals surface area contributed by atoms with E-state index in [9.17, 15) is 0 Å². The second-order valence-corrected chi connectivity index (χ2v) is 3.50. The van der Waals surface area contributed by atoms with Crippen LogP contribution in [0.25, 0.3) is 0 Å². The van der Waals surface area contributed by atoms with E-state index in [1.165, 1.54) is 12.8 Å². The Bertz CT molecular complexity index is 125. The fraction of sp³-hybridized carbons (Fsp3) is 0.833. The first-order valence-corrected chi connectivity index (χ1v) is 5.77. The maximum atomic E-state index is 5.36. The lowest BCUT2D eigenvalue weighted by atomic mass is 10.1. The molecule has 1 atom stereocenters. The molecule has 0 heterocycles. The molecule has 84 valence electrons. The highest BCUT2D eigenvalue weighted by Crippen LogP contribution is 2.03. The number of ether oxygens (including phenoxy) is 1. The lowest BCUT2D eigenvalue weighted by molar-refractivity contribution is 0.135. The highest BCUT2D eigenvalue weighted by Gasteiger charge is 2.05. The van der Waals surface area contributed by atoms with E-state index in [-0.39, 0.29) is 0 Å². The van der Waals surface area contributed by atoms with Gasteiger partial charge >= 0.3 is 0 Å². The Kier molecular flexibility index (Phi) is 10.5. The van der Waals surface area contributed by atoms with Crippen LogP contribution < -0.4 is 5.32 Å².